The second-order valence-electron chi connectivity index (χ2n) is 4.96. The van der Waals surface area contributed by atoms with Crippen molar-refractivity contribution in [1.29, 1.82) is 0 Å². The zero-order valence-electron chi connectivity index (χ0n) is 12.5. The number of hydrogen-bond donors (Lipinski definition) is 3. The van der Waals surface area contributed by atoms with Gasteiger partial charge >= 0.3 is 16.2 Å². The fourth-order valence-electron chi connectivity index (χ4n) is 2.11. The number of benzene rings is 1. The lowest BCUT2D eigenvalue weighted by atomic mass is 10.1. The predicted octanol–water partition coefficient (Wildman–Crippen LogP) is 1.30. The molecule has 0 saturated carbocycles. The summed E-state index contributed by atoms with van der Waals surface area (Å²) in [5.41, 5.74) is 1.68. The fraction of sp³-hybridized carbons (Fsp3) is 0.214. The number of nitrogens with zero attached hydrogens (tertiary/aromatic N) is 1. The molecule has 0 aliphatic carbocycles. The molecule has 0 saturated heterocycles. The van der Waals surface area contributed by atoms with E-state index in [1.807, 2.05) is 0 Å². The molecule has 1 aromatic rings. The second-order valence-corrected chi connectivity index (χ2v) is 6.30. The first kappa shape index (κ1) is 16.7. The summed E-state index contributed by atoms with van der Waals surface area (Å²) in [6.07, 6.45) is -0.0512. The van der Waals surface area contributed by atoms with Crippen molar-refractivity contribution in [2.75, 3.05) is 5.32 Å². The molecule has 1 heterocycles. The molecule has 9 heteroatoms. The molecule has 8 nitrogen and oxygen atoms in total. The van der Waals surface area contributed by atoms with Crippen LogP contribution in [0.15, 0.2) is 39.9 Å². The van der Waals surface area contributed by atoms with Gasteiger partial charge in [-0.3, -0.25) is 9.52 Å². The van der Waals surface area contributed by atoms with Crippen LogP contribution in [-0.2, 0) is 15.0 Å². The van der Waals surface area contributed by atoms with Gasteiger partial charge in [0.1, 0.15) is 0 Å². The fourth-order valence-corrected chi connectivity index (χ4v) is 3.13. The van der Waals surface area contributed by atoms with E-state index in [1.54, 1.807) is 6.92 Å². The summed E-state index contributed by atoms with van der Waals surface area (Å²) in [4.78, 5) is 22.8. The van der Waals surface area contributed by atoms with Crippen LogP contribution in [0.3, 0.4) is 0 Å². The van der Waals surface area contributed by atoms with Crippen LogP contribution in [-0.4, -0.2) is 31.1 Å². The van der Waals surface area contributed by atoms with Crippen LogP contribution in [0.25, 0.3) is 0 Å². The number of amides is 1. The minimum atomic E-state index is -3.73. The molecule has 0 fully saturated rings. The van der Waals surface area contributed by atoms with Crippen molar-refractivity contribution in [3.05, 3.63) is 41.1 Å². The number of aromatic carboxylic acids is 1. The van der Waals surface area contributed by atoms with Gasteiger partial charge in [0.05, 0.1) is 17.7 Å². The van der Waals surface area contributed by atoms with Crippen molar-refractivity contribution in [1.82, 2.24) is 4.72 Å². The van der Waals surface area contributed by atoms with Crippen molar-refractivity contribution < 1.29 is 23.1 Å². The quantitative estimate of drug-likeness (QED) is 0.763. The Kier molecular flexibility index (Phi) is 4.50. The number of carboxylic acids is 1. The molecule has 1 aromatic carbocycles. The van der Waals surface area contributed by atoms with E-state index < -0.39 is 16.2 Å². The number of hydrogen-bond acceptors (Lipinski definition) is 4. The minimum Gasteiger partial charge on any atom is -0.478 e. The number of anilines is 1. The highest BCUT2D eigenvalue weighted by molar-refractivity contribution is 7.88. The van der Waals surface area contributed by atoms with Gasteiger partial charge in [-0.1, -0.05) is 0 Å². The molecule has 122 valence electrons. The Morgan fingerprint density at radius 1 is 1.22 bits per heavy atom. The zero-order chi connectivity index (χ0) is 17.2. The van der Waals surface area contributed by atoms with E-state index in [-0.39, 0.29) is 23.6 Å². The van der Waals surface area contributed by atoms with Gasteiger partial charge in [0.2, 0.25) is 5.91 Å². The summed E-state index contributed by atoms with van der Waals surface area (Å²) in [6, 6.07) is 5.72. The number of nitrogens with one attached hydrogen (secondary N) is 2. The van der Waals surface area contributed by atoms with Crippen LogP contribution in [0.4, 0.5) is 5.69 Å². The first-order valence-corrected chi connectivity index (χ1v) is 8.04. The minimum absolute atomic E-state index is 0.0512. The van der Waals surface area contributed by atoms with Crippen LogP contribution in [0.2, 0.25) is 0 Å². The van der Waals surface area contributed by atoms with E-state index in [4.69, 9.17) is 5.11 Å². The Bertz CT molecular complexity index is 822. The van der Waals surface area contributed by atoms with E-state index in [0.717, 1.165) is 0 Å². The number of carbonyl (C=O) groups excluding carboxylic acids is 1. The standard InChI is InChI=1S/C14H15N3O5S/c1-8-12(9(2)17-23(21,22)16-8)7-13(18)15-11-5-3-10(4-6-11)14(19)20/h3-6,16H,7H2,1-2H3,(H,15,18)(H,19,20). The molecule has 1 aliphatic heterocycles. The monoisotopic (exact) mass is 337 g/mol. The molecule has 0 radical (unpaired) electrons. The van der Waals surface area contributed by atoms with Gasteiger partial charge in [0.15, 0.2) is 0 Å². The molecule has 3 N–H and O–H groups in total. The highest BCUT2D eigenvalue weighted by Gasteiger charge is 2.22. The average molecular weight is 337 g/mol. The van der Waals surface area contributed by atoms with Crippen LogP contribution in [0, 0.1) is 0 Å². The lowest BCUT2D eigenvalue weighted by Crippen LogP contribution is -2.29. The third kappa shape index (κ3) is 4.16. The molecule has 1 amide bonds. The smallest absolute Gasteiger partial charge is 0.342 e. The summed E-state index contributed by atoms with van der Waals surface area (Å²) in [5.74, 6) is -1.41. The third-order valence-electron chi connectivity index (χ3n) is 3.18. The highest BCUT2D eigenvalue weighted by atomic mass is 32.2. The van der Waals surface area contributed by atoms with Crippen molar-refractivity contribution in [2.24, 2.45) is 4.40 Å². The second kappa shape index (κ2) is 6.21. The molecule has 0 bridgehead atoms. The first-order valence-electron chi connectivity index (χ1n) is 6.60. The van der Waals surface area contributed by atoms with Gasteiger partial charge < -0.3 is 10.4 Å². The lowest BCUT2D eigenvalue weighted by molar-refractivity contribution is -0.115. The summed E-state index contributed by atoms with van der Waals surface area (Å²) in [5, 5.41) is 11.4. The maximum Gasteiger partial charge on any atom is 0.342 e. The molecular formula is C14H15N3O5S. The van der Waals surface area contributed by atoms with Crippen LogP contribution in [0.5, 0.6) is 0 Å². The molecule has 2 rings (SSSR count). The first-order chi connectivity index (χ1) is 10.7. The topological polar surface area (TPSA) is 125 Å². The van der Waals surface area contributed by atoms with E-state index >= 15 is 0 Å². The summed E-state index contributed by atoms with van der Waals surface area (Å²) in [6.45, 7) is 3.08. The van der Waals surface area contributed by atoms with Crippen molar-refractivity contribution in [2.45, 2.75) is 20.3 Å². The zero-order valence-corrected chi connectivity index (χ0v) is 13.3. The van der Waals surface area contributed by atoms with E-state index in [9.17, 15) is 18.0 Å². The molecule has 0 atom stereocenters. The Morgan fingerprint density at radius 2 is 1.83 bits per heavy atom. The number of carboxylic acid groups (broad SMARTS) is 1. The van der Waals surface area contributed by atoms with Crippen molar-refractivity contribution >= 4 is 33.5 Å². The van der Waals surface area contributed by atoms with Crippen molar-refractivity contribution in [3.63, 3.8) is 0 Å². The van der Waals surface area contributed by atoms with Crippen LogP contribution >= 0.6 is 0 Å². The summed E-state index contributed by atoms with van der Waals surface area (Å²) < 4.78 is 28.6. The molecule has 1 aliphatic rings. The maximum atomic E-state index is 12.1. The normalized spacial score (nSPS) is 16.3. The molecule has 0 spiro atoms. The number of allylic oxidation sites excluding steroid dienone is 1. The van der Waals surface area contributed by atoms with Gasteiger partial charge in [-0.25, -0.2) is 4.79 Å². The lowest BCUT2D eigenvalue weighted by Gasteiger charge is -2.17. The van der Waals surface area contributed by atoms with Gasteiger partial charge in [0, 0.05) is 17.0 Å². The predicted molar refractivity (Wildman–Crippen MR) is 84.5 cm³/mol. The maximum absolute atomic E-state index is 12.1. The van der Waals surface area contributed by atoms with Gasteiger partial charge in [-0.05, 0) is 38.1 Å². The van der Waals surface area contributed by atoms with Gasteiger partial charge in [-0.2, -0.15) is 8.42 Å². The number of carbonyl (C=O) groups is 2. The van der Waals surface area contributed by atoms with Crippen molar-refractivity contribution in [3.8, 4) is 0 Å². The summed E-state index contributed by atoms with van der Waals surface area (Å²) >= 11 is 0. The van der Waals surface area contributed by atoms with Crippen LogP contribution in [0.1, 0.15) is 30.6 Å². The largest absolute Gasteiger partial charge is 0.478 e. The Morgan fingerprint density at radius 3 is 2.35 bits per heavy atom. The highest BCUT2D eigenvalue weighted by Crippen LogP contribution is 2.18. The SMILES string of the molecule is CC1=NS(=O)(=O)NC(C)=C1CC(=O)Nc1ccc(C(=O)O)cc1. The van der Waals surface area contributed by atoms with E-state index in [1.165, 1.54) is 31.2 Å². The average Bonchev–Trinajstić information content (AvgIpc) is 2.42. The Labute approximate surface area is 133 Å². The molecule has 0 aromatic heterocycles. The van der Waals surface area contributed by atoms with E-state index in [0.29, 0.717) is 17.0 Å². The summed E-state index contributed by atoms with van der Waals surface area (Å²) in [7, 11) is -3.73. The van der Waals surface area contributed by atoms with E-state index in [2.05, 4.69) is 14.4 Å². The molecule has 0 unspecified atom stereocenters. The third-order valence-corrected chi connectivity index (χ3v) is 4.26. The van der Waals surface area contributed by atoms with Crippen LogP contribution < -0.4 is 10.0 Å². The molecule has 23 heavy (non-hydrogen) atoms. The number of rotatable bonds is 4. The Balaban J connectivity index is 2.08. The van der Waals surface area contributed by atoms with Gasteiger partial charge in [0.25, 0.3) is 0 Å². The molecular weight excluding hydrogens is 322 g/mol. The van der Waals surface area contributed by atoms with Gasteiger partial charge in [-0.15, -0.1) is 4.40 Å². The Hall–Kier alpha value is -2.68.